The molecule has 4 nitrogen and oxygen atoms in total. The van der Waals surface area contributed by atoms with E-state index in [0.717, 1.165) is 0 Å². The van der Waals surface area contributed by atoms with Gasteiger partial charge in [0.05, 0.1) is 11.5 Å². The second-order valence-electron chi connectivity index (χ2n) is 6.11. The summed E-state index contributed by atoms with van der Waals surface area (Å²) >= 11 is 5.47. The Morgan fingerprint density at radius 2 is 1.81 bits per heavy atom. The van der Waals surface area contributed by atoms with Crippen molar-refractivity contribution in [3.63, 3.8) is 0 Å². The highest BCUT2D eigenvalue weighted by atomic mass is 35.5. The van der Waals surface area contributed by atoms with E-state index in [1.807, 2.05) is 0 Å². The van der Waals surface area contributed by atoms with Gasteiger partial charge in [0, 0.05) is 12.2 Å². The zero-order valence-corrected chi connectivity index (χ0v) is 14.0. The molecule has 1 aromatic rings. The van der Waals surface area contributed by atoms with Crippen molar-refractivity contribution in [1.82, 2.24) is 9.88 Å². The lowest BCUT2D eigenvalue weighted by molar-refractivity contribution is -0.189. The monoisotopic (exact) mass is 404 g/mol. The Morgan fingerprint density at radius 3 is 2.38 bits per heavy atom. The molecule has 0 aromatic carbocycles. The topological polar surface area (TPSA) is 51.1 Å². The fourth-order valence-corrected chi connectivity index (χ4v) is 3.20. The van der Waals surface area contributed by atoms with Crippen molar-refractivity contribution in [3.8, 4) is 0 Å². The SMILES string of the molecule is O=C(Cn1cc(C(F)(F)F)cc(Cl)c1=O)N[C@H]1CCCC[C@H]1C(F)(F)F. The molecular formula is C15H15ClF6N2O2. The van der Waals surface area contributed by atoms with E-state index in [1.165, 1.54) is 0 Å². The van der Waals surface area contributed by atoms with Gasteiger partial charge in [0.15, 0.2) is 0 Å². The first-order valence-electron chi connectivity index (χ1n) is 7.73. The van der Waals surface area contributed by atoms with E-state index in [-0.39, 0.29) is 12.8 Å². The van der Waals surface area contributed by atoms with Gasteiger partial charge in [0.25, 0.3) is 5.56 Å². The minimum atomic E-state index is -4.79. The maximum absolute atomic E-state index is 13.0. The molecule has 1 saturated carbocycles. The highest BCUT2D eigenvalue weighted by molar-refractivity contribution is 6.30. The van der Waals surface area contributed by atoms with E-state index in [2.05, 4.69) is 5.32 Å². The van der Waals surface area contributed by atoms with E-state index in [9.17, 15) is 35.9 Å². The van der Waals surface area contributed by atoms with Crippen LogP contribution in [0.25, 0.3) is 0 Å². The summed E-state index contributed by atoms with van der Waals surface area (Å²) < 4.78 is 77.8. The number of carbonyl (C=O) groups excluding carboxylic acids is 1. The number of halogens is 7. The van der Waals surface area contributed by atoms with Gasteiger partial charge >= 0.3 is 12.4 Å². The molecule has 2 atom stereocenters. The van der Waals surface area contributed by atoms with Crippen LogP contribution < -0.4 is 10.9 Å². The molecule has 0 unspecified atom stereocenters. The average molecular weight is 405 g/mol. The number of carbonyl (C=O) groups is 1. The van der Waals surface area contributed by atoms with Gasteiger partial charge in [-0.25, -0.2) is 0 Å². The van der Waals surface area contributed by atoms with Gasteiger partial charge in [-0.15, -0.1) is 0 Å². The number of alkyl halides is 6. The van der Waals surface area contributed by atoms with Gasteiger partial charge in [-0.1, -0.05) is 24.4 Å². The first-order chi connectivity index (χ1) is 11.9. The molecular weight excluding hydrogens is 390 g/mol. The summed E-state index contributed by atoms with van der Waals surface area (Å²) in [6.45, 7) is -0.858. The van der Waals surface area contributed by atoms with Gasteiger partial charge in [0.2, 0.25) is 5.91 Å². The quantitative estimate of drug-likeness (QED) is 0.780. The van der Waals surface area contributed by atoms with Crippen LogP contribution >= 0.6 is 11.6 Å². The van der Waals surface area contributed by atoms with Crippen molar-refractivity contribution in [1.29, 1.82) is 0 Å². The first kappa shape index (κ1) is 20.6. The maximum atomic E-state index is 13.0. The fourth-order valence-electron chi connectivity index (χ4n) is 2.97. The number of aromatic nitrogens is 1. The lowest BCUT2D eigenvalue weighted by atomic mass is 9.84. The molecule has 26 heavy (non-hydrogen) atoms. The minimum absolute atomic E-state index is 0.105. The molecule has 0 aliphatic heterocycles. The van der Waals surface area contributed by atoms with Gasteiger partial charge in [-0.2, -0.15) is 26.3 Å². The molecule has 0 bridgehead atoms. The number of nitrogens with zero attached hydrogens (tertiary/aromatic N) is 1. The Bertz CT molecular complexity index is 728. The molecule has 0 spiro atoms. The highest BCUT2D eigenvalue weighted by Gasteiger charge is 2.46. The third-order valence-electron chi connectivity index (χ3n) is 4.22. The van der Waals surface area contributed by atoms with Crippen molar-refractivity contribution < 1.29 is 31.1 Å². The van der Waals surface area contributed by atoms with Crippen LogP contribution in [-0.2, 0) is 17.5 Å². The summed E-state index contributed by atoms with van der Waals surface area (Å²) in [5.41, 5.74) is -2.27. The predicted molar refractivity (Wildman–Crippen MR) is 80.7 cm³/mol. The van der Waals surface area contributed by atoms with Crippen molar-refractivity contribution in [2.75, 3.05) is 0 Å². The largest absolute Gasteiger partial charge is 0.417 e. The summed E-state index contributed by atoms with van der Waals surface area (Å²) in [6.07, 6.45) is -8.03. The molecule has 1 aliphatic rings. The highest BCUT2D eigenvalue weighted by Crippen LogP contribution is 2.37. The second-order valence-corrected chi connectivity index (χ2v) is 6.52. The predicted octanol–water partition coefficient (Wildman–Crippen LogP) is 3.76. The van der Waals surface area contributed by atoms with Crippen molar-refractivity contribution in [2.45, 2.75) is 50.6 Å². The minimum Gasteiger partial charge on any atom is -0.351 e. The standard InChI is InChI=1S/C15H15ClF6N2O2/c16-10-5-8(14(17,18)19)6-24(13(10)26)7-12(25)23-11-4-2-1-3-9(11)15(20,21)22/h5-6,9,11H,1-4,7H2,(H,23,25)/t9-,11+/m1/s1. The number of amides is 1. The third kappa shape index (κ3) is 4.93. The summed E-state index contributed by atoms with van der Waals surface area (Å²) in [6, 6.07) is -0.743. The molecule has 1 heterocycles. The first-order valence-corrected chi connectivity index (χ1v) is 8.10. The Labute approximate surface area is 149 Å². The van der Waals surface area contributed by atoms with E-state index in [1.54, 1.807) is 0 Å². The van der Waals surface area contributed by atoms with E-state index in [0.29, 0.717) is 29.7 Å². The smallest absolute Gasteiger partial charge is 0.351 e. The Kier molecular flexibility index (Phi) is 5.94. The Morgan fingerprint density at radius 1 is 1.19 bits per heavy atom. The Balaban J connectivity index is 2.17. The summed E-state index contributed by atoms with van der Waals surface area (Å²) in [7, 11) is 0. The van der Waals surface area contributed by atoms with Crippen molar-refractivity contribution in [3.05, 3.63) is 33.2 Å². The molecule has 2 rings (SSSR count). The second kappa shape index (κ2) is 7.50. The van der Waals surface area contributed by atoms with Crippen molar-refractivity contribution in [2.24, 2.45) is 5.92 Å². The fraction of sp³-hybridized carbons (Fsp3) is 0.600. The van der Waals surface area contributed by atoms with Gasteiger partial charge < -0.3 is 9.88 Å². The maximum Gasteiger partial charge on any atom is 0.417 e. The van der Waals surface area contributed by atoms with Crippen LogP contribution in [0.3, 0.4) is 0 Å². The zero-order valence-electron chi connectivity index (χ0n) is 13.3. The van der Waals surface area contributed by atoms with Crippen LogP contribution in [0.5, 0.6) is 0 Å². The van der Waals surface area contributed by atoms with Crippen LogP contribution in [0, 0.1) is 5.92 Å². The number of pyridine rings is 1. The molecule has 0 saturated heterocycles. The summed E-state index contributed by atoms with van der Waals surface area (Å²) in [4.78, 5) is 23.8. The molecule has 1 N–H and O–H groups in total. The normalized spacial score (nSPS) is 21.5. The van der Waals surface area contributed by atoms with E-state index < -0.39 is 52.9 Å². The molecule has 1 aliphatic carbocycles. The van der Waals surface area contributed by atoms with E-state index in [4.69, 9.17) is 11.6 Å². The molecule has 1 amide bonds. The van der Waals surface area contributed by atoms with Crippen LogP contribution in [0.1, 0.15) is 31.2 Å². The number of hydrogen-bond donors (Lipinski definition) is 1. The lowest BCUT2D eigenvalue weighted by Gasteiger charge is -2.33. The van der Waals surface area contributed by atoms with Crippen LogP contribution in [0.15, 0.2) is 17.1 Å². The molecule has 11 heteroatoms. The molecule has 146 valence electrons. The molecule has 1 aromatic heterocycles. The van der Waals surface area contributed by atoms with E-state index >= 15 is 0 Å². The summed E-state index contributed by atoms with van der Waals surface area (Å²) in [5.74, 6) is -2.70. The van der Waals surface area contributed by atoms with Crippen LogP contribution in [0.4, 0.5) is 26.3 Å². The van der Waals surface area contributed by atoms with Gasteiger partial charge in [-0.05, 0) is 18.9 Å². The van der Waals surface area contributed by atoms with Gasteiger partial charge in [0.1, 0.15) is 11.6 Å². The molecule has 0 radical (unpaired) electrons. The number of nitrogens with one attached hydrogen (secondary N) is 1. The van der Waals surface area contributed by atoms with Crippen LogP contribution in [0.2, 0.25) is 5.02 Å². The van der Waals surface area contributed by atoms with Gasteiger partial charge in [-0.3, -0.25) is 9.59 Å². The zero-order chi connectivity index (χ0) is 19.7. The Hall–Kier alpha value is -1.71. The van der Waals surface area contributed by atoms with Crippen molar-refractivity contribution >= 4 is 17.5 Å². The third-order valence-corrected chi connectivity index (χ3v) is 4.49. The number of hydrogen-bond acceptors (Lipinski definition) is 2. The molecule has 1 fully saturated rings. The summed E-state index contributed by atoms with van der Waals surface area (Å²) in [5, 5.41) is 1.45. The van der Waals surface area contributed by atoms with Crippen LogP contribution in [-0.4, -0.2) is 22.7 Å². The lowest BCUT2D eigenvalue weighted by Crippen LogP contribution is -2.49. The average Bonchev–Trinajstić information content (AvgIpc) is 2.50. The number of rotatable bonds is 3.